The molecule has 0 saturated heterocycles. The maximum atomic E-state index is 11.8. The molecule has 2 aromatic rings. The fourth-order valence-corrected chi connectivity index (χ4v) is 1.92. The summed E-state index contributed by atoms with van der Waals surface area (Å²) in [5.41, 5.74) is 0.869. The molecule has 7 heteroatoms. The Morgan fingerprint density at radius 1 is 1.20 bits per heavy atom. The molecule has 2 rings (SSSR count). The van der Waals surface area contributed by atoms with Crippen LogP contribution in [0.5, 0.6) is 0 Å². The molecule has 2 amide bonds. The van der Waals surface area contributed by atoms with E-state index in [1.165, 1.54) is 18.4 Å². The van der Waals surface area contributed by atoms with Gasteiger partial charge in [-0.1, -0.05) is 6.07 Å². The molecule has 0 fully saturated rings. The molecule has 1 heterocycles. The molecule has 1 aromatic carbocycles. The summed E-state index contributed by atoms with van der Waals surface area (Å²) >= 11 is 0. The van der Waals surface area contributed by atoms with Crippen molar-refractivity contribution < 1.29 is 23.5 Å². The SMILES string of the molecule is CCNC(=O)c1cccc(NC(=O)COC(=O)/C=C/c2ccco2)c1. The molecular weight excluding hydrogens is 324 g/mol. The first kappa shape index (κ1) is 18.0. The molecule has 0 aliphatic carbocycles. The predicted octanol–water partition coefficient (Wildman–Crippen LogP) is 2.22. The third-order valence-electron chi connectivity index (χ3n) is 3.02. The number of amides is 2. The summed E-state index contributed by atoms with van der Waals surface area (Å²) in [6.07, 6.45) is 4.09. The largest absolute Gasteiger partial charge is 0.465 e. The van der Waals surface area contributed by atoms with Gasteiger partial charge in [-0.2, -0.15) is 0 Å². The minimum absolute atomic E-state index is 0.229. The topological polar surface area (TPSA) is 97.6 Å². The second-order valence-corrected chi connectivity index (χ2v) is 4.94. The van der Waals surface area contributed by atoms with Crippen molar-refractivity contribution in [1.29, 1.82) is 0 Å². The Bertz CT molecular complexity index is 766. The molecule has 130 valence electrons. The third kappa shape index (κ3) is 5.98. The first-order valence-electron chi connectivity index (χ1n) is 7.65. The molecule has 0 radical (unpaired) electrons. The van der Waals surface area contributed by atoms with Crippen molar-refractivity contribution >= 4 is 29.5 Å². The average molecular weight is 342 g/mol. The second-order valence-electron chi connectivity index (χ2n) is 4.94. The van der Waals surface area contributed by atoms with Gasteiger partial charge in [0.15, 0.2) is 6.61 Å². The Hall–Kier alpha value is -3.35. The third-order valence-corrected chi connectivity index (χ3v) is 3.02. The standard InChI is InChI=1S/C18H18N2O5/c1-2-19-18(23)13-5-3-6-14(11-13)20-16(21)12-25-17(22)9-8-15-7-4-10-24-15/h3-11H,2,12H2,1H3,(H,19,23)(H,20,21)/b9-8+. The fourth-order valence-electron chi connectivity index (χ4n) is 1.92. The maximum Gasteiger partial charge on any atom is 0.331 e. The lowest BCUT2D eigenvalue weighted by molar-refractivity contribution is -0.142. The van der Waals surface area contributed by atoms with E-state index in [0.717, 1.165) is 0 Å². The molecule has 0 aliphatic rings. The number of hydrogen-bond donors (Lipinski definition) is 2. The number of anilines is 1. The Labute approximate surface area is 144 Å². The van der Waals surface area contributed by atoms with Gasteiger partial charge in [0.1, 0.15) is 5.76 Å². The molecular formula is C18H18N2O5. The van der Waals surface area contributed by atoms with Crippen LogP contribution in [0.15, 0.2) is 53.2 Å². The molecule has 0 aliphatic heterocycles. The number of hydrogen-bond acceptors (Lipinski definition) is 5. The van der Waals surface area contributed by atoms with Crippen LogP contribution in [-0.2, 0) is 14.3 Å². The molecule has 25 heavy (non-hydrogen) atoms. The molecule has 1 aromatic heterocycles. The van der Waals surface area contributed by atoms with E-state index < -0.39 is 18.5 Å². The van der Waals surface area contributed by atoms with Crippen LogP contribution < -0.4 is 10.6 Å². The zero-order valence-corrected chi connectivity index (χ0v) is 13.7. The molecule has 2 N–H and O–H groups in total. The van der Waals surface area contributed by atoms with Crippen molar-refractivity contribution in [1.82, 2.24) is 5.32 Å². The monoisotopic (exact) mass is 342 g/mol. The quantitative estimate of drug-likeness (QED) is 0.594. The van der Waals surface area contributed by atoms with Crippen LogP contribution in [0.4, 0.5) is 5.69 Å². The van der Waals surface area contributed by atoms with E-state index in [-0.39, 0.29) is 5.91 Å². The molecule has 0 spiro atoms. The first-order valence-corrected chi connectivity index (χ1v) is 7.65. The number of ether oxygens (including phenoxy) is 1. The minimum atomic E-state index is -0.664. The van der Waals surface area contributed by atoms with Crippen LogP contribution in [0.3, 0.4) is 0 Å². The Kier molecular flexibility index (Phi) is 6.53. The lowest BCUT2D eigenvalue weighted by atomic mass is 10.2. The number of carbonyl (C=O) groups is 3. The van der Waals surface area contributed by atoms with Crippen LogP contribution in [-0.4, -0.2) is 30.9 Å². The lowest BCUT2D eigenvalue weighted by Gasteiger charge is -2.07. The van der Waals surface area contributed by atoms with E-state index in [1.807, 2.05) is 6.92 Å². The number of benzene rings is 1. The molecule has 7 nitrogen and oxygen atoms in total. The van der Waals surface area contributed by atoms with Crippen molar-refractivity contribution in [3.05, 3.63) is 60.1 Å². The number of rotatable bonds is 7. The highest BCUT2D eigenvalue weighted by atomic mass is 16.5. The van der Waals surface area contributed by atoms with Gasteiger partial charge in [0.05, 0.1) is 6.26 Å². The number of nitrogens with one attached hydrogen (secondary N) is 2. The van der Waals surface area contributed by atoms with Crippen molar-refractivity contribution in [2.45, 2.75) is 6.92 Å². The predicted molar refractivity (Wildman–Crippen MR) is 91.8 cm³/mol. The van der Waals surface area contributed by atoms with Gasteiger partial charge in [0.25, 0.3) is 11.8 Å². The fraction of sp³-hybridized carbons (Fsp3) is 0.167. The molecule has 0 saturated carbocycles. The maximum absolute atomic E-state index is 11.8. The second kappa shape index (κ2) is 9.07. The van der Waals surface area contributed by atoms with E-state index in [2.05, 4.69) is 10.6 Å². The van der Waals surface area contributed by atoms with Gasteiger partial charge in [-0.3, -0.25) is 9.59 Å². The summed E-state index contributed by atoms with van der Waals surface area (Å²) in [7, 11) is 0. The van der Waals surface area contributed by atoms with Crippen LogP contribution in [0.2, 0.25) is 0 Å². The average Bonchev–Trinajstić information content (AvgIpc) is 3.12. The molecule has 0 atom stereocenters. The highest BCUT2D eigenvalue weighted by molar-refractivity contribution is 5.98. The van der Waals surface area contributed by atoms with Crippen LogP contribution in [0, 0.1) is 0 Å². The van der Waals surface area contributed by atoms with E-state index >= 15 is 0 Å². The summed E-state index contributed by atoms with van der Waals surface area (Å²) in [6.45, 7) is 1.89. The van der Waals surface area contributed by atoms with Crippen molar-refractivity contribution in [3.63, 3.8) is 0 Å². The van der Waals surface area contributed by atoms with Crippen LogP contribution in [0.1, 0.15) is 23.0 Å². The highest BCUT2D eigenvalue weighted by Gasteiger charge is 2.08. The van der Waals surface area contributed by atoms with Crippen molar-refractivity contribution in [2.24, 2.45) is 0 Å². The van der Waals surface area contributed by atoms with Gasteiger partial charge in [0, 0.05) is 23.9 Å². The van der Waals surface area contributed by atoms with Crippen molar-refractivity contribution in [2.75, 3.05) is 18.5 Å². The van der Waals surface area contributed by atoms with Crippen LogP contribution in [0.25, 0.3) is 6.08 Å². The van der Waals surface area contributed by atoms with Crippen molar-refractivity contribution in [3.8, 4) is 0 Å². The van der Waals surface area contributed by atoms with Gasteiger partial charge in [-0.25, -0.2) is 4.79 Å². The highest BCUT2D eigenvalue weighted by Crippen LogP contribution is 2.10. The van der Waals surface area contributed by atoms with E-state index in [1.54, 1.807) is 36.4 Å². The Balaban J connectivity index is 1.83. The molecule has 0 unspecified atom stereocenters. The summed E-state index contributed by atoms with van der Waals surface area (Å²) in [5.74, 6) is -0.896. The molecule has 0 bridgehead atoms. The van der Waals surface area contributed by atoms with Gasteiger partial charge in [-0.05, 0) is 43.3 Å². The van der Waals surface area contributed by atoms with Gasteiger partial charge in [0.2, 0.25) is 0 Å². The van der Waals surface area contributed by atoms with E-state index in [9.17, 15) is 14.4 Å². The zero-order chi connectivity index (χ0) is 18.1. The summed E-state index contributed by atoms with van der Waals surface area (Å²) < 4.78 is 9.86. The zero-order valence-electron chi connectivity index (χ0n) is 13.7. The number of esters is 1. The van der Waals surface area contributed by atoms with E-state index in [4.69, 9.17) is 9.15 Å². The van der Waals surface area contributed by atoms with Crippen LogP contribution >= 0.6 is 0 Å². The summed E-state index contributed by atoms with van der Waals surface area (Å²) in [4.78, 5) is 35.1. The van der Waals surface area contributed by atoms with Gasteiger partial charge >= 0.3 is 5.97 Å². The lowest BCUT2D eigenvalue weighted by Crippen LogP contribution is -2.23. The Morgan fingerprint density at radius 2 is 2.04 bits per heavy atom. The minimum Gasteiger partial charge on any atom is -0.465 e. The van der Waals surface area contributed by atoms with Gasteiger partial charge < -0.3 is 19.8 Å². The Morgan fingerprint density at radius 3 is 2.76 bits per heavy atom. The van der Waals surface area contributed by atoms with E-state index in [0.29, 0.717) is 23.6 Å². The van der Waals surface area contributed by atoms with Gasteiger partial charge in [-0.15, -0.1) is 0 Å². The normalized spacial score (nSPS) is 10.4. The smallest absolute Gasteiger partial charge is 0.331 e. The number of furan rings is 1. The number of carbonyl (C=O) groups excluding carboxylic acids is 3. The first-order chi connectivity index (χ1) is 12.1. The summed E-state index contributed by atoms with van der Waals surface area (Å²) in [6, 6.07) is 9.84. The summed E-state index contributed by atoms with van der Waals surface area (Å²) in [5, 5.41) is 5.24.